The van der Waals surface area contributed by atoms with Gasteiger partial charge in [0.15, 0.2) is 5.13 Å². The molecule has 1 aromatic carbocycles. The van der Waals surface area contributed by atoms with Crippen molar-refractivity contribution in [2.45, 2.75) is 12.8 Å². The van der Waals surface area contributed by atoms with Gasteiger partial charge in [-0.2, -0.15) is 0 Å². The average Bonchev–Trinajstić information content (AvgIpc) is 3.02. The molecule has 0 unspecified atom stereocenters. The Morgan fingerprint density at radius 3 is 2.88 bits per heavy atom. The quantitative estimate of drug-likeness (QED) is 0.624. The number of fused-ring (bicyclic) bond motifs is 1. The Bertz CT molecular complexity index is 695. The van der Waals surface area contributed by atoms with Crippen LogP contribution in [0.1, 0.15) is 12.8 Å². The third-order valence-corrected chi connectivity index (χ3v) is 5.26. The maximum absolute atomic E-state index is 12.2. The molecule has 5 nitrogen and oxygen atoms in total. The number of hydrogen-bond donors (Lipinski definition) is 2. The average molecular weight is 342 g/mol. The number of nitrogens with zero attached hydrogens (tertiary/aromatic N) is 2. The Morgan fingerprint density at radius 2 is 2.12 bits per heavy atom. The molecular formula is C18H22N4OS. The van der Waals surface area contributed by atoms with E-state index in [1.807, 2.05) is 18.2 Å². The summed E-state index contributed by atoms with van der Waals surface area (Å²) >= 11 is 1.63. The van der Waals surface area contributed by atoms with Crippen LogP contribution >= 0.6 is 11.3 Å². The van der Waals surface area contributed by atoms with E-state index in [0.717, 1.165) is 36.6 Å². The fraction of sp³-hybridized carbons (Fsp3) is 0.444. The predicted molar refractivity (Wildman–Crippen MR) is 99.1 cm³/mol. The molecule has 0 aliphatic carbocycles. The normalized spacial score (nSPS) is 16.0. The van der Waals surface area contributed by atoms with Gasteiger partial charge in [-0.25, -0.2) is 4.98 Å². The summed E-state index contributed by atoms with van der Waals surface area (Å²) in [5.41, 5.74) is 1.01. The van der Waals surface area contributed by atoms with E-state index in [1.165, 1.54) is 4.70 Å². The van der Waals surface area contributed by atoms with Crippen molar-refractivity contribution < 1.29 is 4.79 Å². The number of carbonyl (C=O) groups is 1. The van der Waals surface area contributed by atoms with E-state index < -0.39 is 0 Å². The van der Waals surface area contributed by atoms with E-state index in [4.69, 9.17) is 6.42 Å². The molecule has 2 N–H and O–H groups in total. The SMILES string of the molecule is C#CCN1CCC(C(=O)NCCNc2nc3ccccc3s2)CC1. The van der Waals surface area contributed by atoms with Crippen LogP contribution in [0.4, 0.5) is 5.13 Å². The van der Waals surface area contributed by atoms with Crippen LogP contribution < -0.4 is 10.6 Å². The third kappa shape index (κ3) is 4.25. The molecule has 1 aromatic heterocycles. The Labute approximate surface area is 146 Å². The molecule has 0 bridgehead atoms. The number of terminal acetylenes is 1. The molecule has 0 radical (unpaired) electrons. The number of likely N-dealkylation sites (tertiary alicyclic amines) is 1. The molecule has 1 saturated heterocycles. The van der Waals surface area contributed by atoms with Crippen LogP contribution in [0.15, 0.2) is 24.3 Å². The highest BCUT2D eigenvalue weighted by Crippen LogP contribution is 2.25. The van der Waals surface area contributed by atoms with Crippen molar-refractivity contribution in [1.82, 2.24) is 15.2 Å². The fourth-order valence-corrected chi connectivity index (χ4v) is 3.82. The molecule has 6 heteroatoms. The van der Waals surface area contributed by atoms with Gasteiger partial charge in [0.1, 0.15) is 0 Å². The van der Waals surface area contributed by atoms with Crippen LogP contribution in [-0.4, -0.2) is 48.5 Å². The minimum atomic E-state index is 0.112. The van der Waals surface area contributed by atoms with Gasteiger partial charge in [-0.3, -0.25) is 9.69 Å². The van der Waals surface area contributed by atoms with Crippen LogP contribution in [0.5, 0.6) is 0 Å². The lowest BCUT2D eigenvalue weighted by Gasteiger charge is -2.29. The molecule has 126 valence electrons. The molecule has 1 fully saturated rings. The van der Waals surface area contributed by atoms with Crippen molar-refractivity contribution >= 4 is 32.6 Å². The van der Waals surface area contributed by atoms with E-state index in [1.54, 1.807) is 11.3 Å². The number of piperidine rings is 1. The van der Waals surface area contributed by atoms with Gasteiger partial charge < -0.3 is 10.6 Å². The number of anilines is 1. The van der Waals surface area contributed by atoms with Crippen LogP contribution in [0.25, 0.3) is 10.2 Å². The molecule has 0 saturated carbocycles. The van der Waals surface area contributed by atoms with Gasteiger partial charge in [-0.05, 0) is 38.1 Å². The minimum absolute atomic E-state index is 0.112. The van der Waals surface area contributed by atoms with Crippen molar-refractivity contribution in [3.63, 3.8) is 0 Å². The highest BCUT2D eigenvalue weighted by molar-refractivity contribution is 7.22. The van der Waals surface area contributed by atoms with Crippen molar-refractivity contribution in [3.05, 3.63) is 24.3 Å². The van der Waals surface area contributed by atoms with Gasteiger partial charge in [-0.1, -0.05) is 29.4 Å². The second-order valence-corrected chi connectivity index (χ2v) is 6.99. The Kier molecular flexibility index (Phi) is 5.68. The van der Waals surface area contributed by atoms with Gasteiger partial charge >= 0.3 is 0 Å². The third-order valence-electron chi connectivity index (χ3n) is 4.27. The molecule has 24 heavy (non-hydrogen) atoms. The summed E-state index contributed by atoms with van der Waals surface area (Å²) in [6.45, 7) is 3.79. The largest absolute Gasteiger partial charge is 0.360 e. The van der Waals surface area contributed by atoms with Gasteiger partial charge in [0.25, 0.3) is 0 Å². The zero-order valence-electron chi connectivity index (χ0n) is 13.6. The van der Waals surface area contributed by atoms with Crippen molar-refractivity contribution in [2.24, 2.45) is 5.92 Å². The number of aromatic nitrogens is 1. The van der Waals surface area contributed by atoms with Gasteiger partial charge in [0.05, 0.1) is 16.8 Å². The van der Waals surface area contributed by atoms with Crippen molar-refractivity contribution in [3.8, 4) is 12.3 Å². The van der Waals surface area contributed by atoms with E-state index in [2.05, 4.69) is 32.5 Å². The number of nitrogens with one attached hydrogen (secondary N) is 2. The number of amides is 1. The molecule has 2 heterocycles. The van der Waals surface area contributed by atoms with E-state index in [0.29, 0.717) is 19.6 Å². The molecule has 3 rings (SSSR count). The van der Waals surface area contributed by atoms with Crippen LogP contribution in [0.3, 0.4) is 0 Å². The number of thiazole rings is 1. The highest BCUT2D eigenvalue weighted by atomic mass is 32.1. The number of carbonyl (C=O) groups excluding carboxylic acids is 1. The lowest BCUT2D eigenvalue weighted by atomic mass is 9.96. The number of rotatable bonds is 6. The summed E-state index contributed by atoms with van der Waals surface area (Å²) in [6, 6.07) is 8.07. The Hall–Kier alpha value is -2.10. The Balaban J connectivity index is 1.37. The standard InChI is InChI=1S/C18H22N4OS/c1-2-11-22-12-7-14(8-13-22)17(23)19-9-10-20-18-21-15-5-3-4-6-16(15)24-18/h1,3-6,14H,7-13H2,(H,19,23)(H,20,21). The first kappa shape index (κ1) is 16.7. The fourth-order valence-electron chi connectivity index (χ4n) is 2.93. The summed E-state index contributed by atoms with van der Waals surface area (Å²) in [7, 11) is 0. The van der Waals surface area contributed by atoms with E-state index >= 15 is 0 Å². The lowest BCUT2D eigenvalue weighted by molar-refractivity contribution is -0.126. The zero-order chi connectivity index (χ0) is 16.8. The van der Waals surface area contributed by atoms with Crippen LogP contribution in [0, 0.1) is 18.3 Å². The first-order valence-electron chi connectivity index (χ1n) is 8.29. The second kappa shape index (κ2) is 8.13. The molecule has 2 aromatic rings. The van der Waals surface area contributed by atoms with Crippen LogP contribution in [-0.2, 0) is 4.79 Å². The topological polar surface area (TPSA) is 57.3 Å². The van der Waals surface area contributed by atoms with Gasteiger partial charge in [0.2, 0.25) is 5.91 Å². The highest BCUT2D eigenvalue weighted by Gasteiger charge is 2.24. The summed E-state index contributed by atoms with van der Waals surface area (Å²) < 4.78 is 1.17. The van der Waals surface area contributed by atoms with Crippen molar-refractivity contribution in [2.75, 3.05) is 38.0 Å². The monoisotopic (exact) mass is 342 g/mol. The maximum atomic E-state index is 12.2. The predicted octanol–water partition coefficient (Wildman–Crippen LogP) is 2.17. The van der Waals surface area contributed by atoms with Gasteiger partial charge in [0, 0.05) is 19.0 Å². The molecule has 1 aliphatic heterocycles. The molecular weight excluding hydrogens is 320 g/mol. The smallest absolute Gasteiger partial charge is 0.223 e. The van der Waals surface area contributed by atoms with E-state index in [-0.39, 0.29) is 11.8 Å². The summed E-state index contributed by atoms with van der Waals surface area (Å²) in [5, 5.41) is 7.19. The maximum Gasteiger partial charge on any atom is 0.223 e. The zero-order valence-corrected chi connectivity index (χ0v) is 14.4. The lowest BCUT2D eigenvalue weighted by Crippen LogP contribution is -2.41. The van der Waals surface area contributed by atoms with Gasteiger partial charge in [-0.15, -0.1) is 6.42 Å². The Morgan fingerprint density at radius 1 is 1.33 bits per heavy atom. The summed E-state index contributed by atoms with van der Waals surface area (Å²) in [4.78, 5) is 18.9. The molecule has 0 spiro atoms. The van der Waals surface area contributed by atoms with E-state index in [9.17, 15) is 4.79 Å². The molecule has 1 amide bonds. The number of hydrogen-bond acceptors (Lipinski definition) is 5. The molecule has 1 aliphatic rings. The first-order chi connectivity index (χ1) is 11.8. The summed E-state index contributed by atoms with van der Waals surface area (Å²) in [6.07, 6.45) is 7.10. The second-order valence-electron chi connectivity index (χ2n) is 5.96. The number of para-hydroxylation sites is 1. The number of benzene rings is 1. The van der Waals surface area contributed by atoms with Crippen molar-refractivity contribution in [1.29, 1.82) is 0 Å². The molecule has 0 atom stereocenters. The summed E-state index contributed by atoms with van der Waals surface area (Å²) in [5.74, 6) is 2.93. The minimum Gasteiger partial charge on any atom is -0.360 e. The van der Waals surface area contributed by atoms with Crippen LogP contribution in [0.2, 0.25) is 0 Å². The first-order valence-corrected chi connectivity index (χ1v) is 9.11.